The summed E-state index contributed by atoms with van der Waals surface area (Å²) in [6.07, 6.45) is 2.21. The maximum absolute atomic E-state index is 12.7. The van der Waals surface area contributed by atoms with Crippen molar-refractivity contribution >= 4 is 33.4 Å². The Kier molecular flexibility index (Phi) is 6.10. The van der Waals surface area contributed by atoms with Crippen molar-refractivity contribution in [2.24, 2.45) is 0 Å². The highest BCUT2D eigenvalue weighted by atomic mass is 16.5. The zero-order valence-electron chi connectivity index (χ0n) is 19.2. The number of rotatable bonds is 7. The molecule has 0 unspecified atom stereocenters. The summed E-state index contributed by atoms with van der Waals surface area (Å²) in [4.78, 5) is 17.4. The predicted molar refractivity (Wildman–Crippen MR) is 136 cm³/mol. The Morgan fingerprint density at radius 3 is 2.71 bits per heavy atom. The van der Waals surface area contributed by atoms with Crippen molar-refractivity contribution in [3.05, 3.63) is 90.1 Å². The third-order valence-electron chi connectivity index (χ3n) is 5.81. The lowest BCUT2D eigenvalue weighted by Crippen LogP contribution is -2.17. The Labute approximate surface area is 202 Å². The molecule has 1 N–H and O–H groups in total. The zero-order chi connectivity index (χ0) is 24.2. The van der Waals surface area contributed by atoms with Crippen molar-refractivity contribution < 1.29 is 9.53 Å². The topological polar surface area (TPSA) is 92.8 Å². The molecule has 0 aliphatic heterocycles. The molecule has 35 heavy (non-hydrogen) atoms. The number of nitrogens with one attached hydrogen (secondary N) is 1. The Hall–Kier alpha value is -4.70. The van der Waals surface area contributed by atoms with E-state index in [1.54, 1.807) is 0 Å². The number of pyridine rings is 1. The Morgan fingerprint density at radius 2 is 1.86 bits per heavy atom. The van der Waals surface area contributed by atoms with Gasteiger partial charge in [0.2, 0.25) is 5.91 Å². The van der Waals surface area contributed by atoms with Crippen LogP contribution in [0.1, 0.15) is 24.0 Å². The van der Waals surface area contributed by atoms with E-state index in [1.165, 1.54) is 10.9 Å². The number of aryl methyl sites for hydroxylation is 1. The Bertz CT molecular complexity index is 1580. The first-order valence-corrected chi connectivity index (χ1v) is 11.4. The van der Waals surface area contributed by atoms with Gasteiger partial charge in [0.25, 0.3) is 0 Å². The molecule has 0 bridgehead atoms. The fraction of sp³-hybridized carbons (Fsp3) is 0.143. The van der Waals surface area contributed by atoms with Crippen molar-refractivity contribution in [3.63, 3.8) is 0 Å². The average molecular weight is 462 g/mol. The minimum atomic E-state index is -0.220. The number of nitriles is 1. The van der Waals surface area contributed by atoms with Gasteiger partial charge in [0.1, 0.15) is 17.4 Å². The van der Waals surface area contributed by atoms with Crippen LogP contribution in [0.4, 0.5) is 5.82 Å². The monoisotopic (exact) mass is 461 g/mol. The maximum Gasteiger partial charge on any atom is 0.225 e. The van der Waals surface area contributed by atoms with Crippen LogP contribution in [0.3, 0.4) is 0 Å². The molecule has 0 fully saturated rings. The first-order valence-electron chi connectivity index (χ1n) is 11.4. The van der Waals surface area contributed by atoms with Crippen molar-refractivity contribution in [2.45, 2.75) is 19.8 Å². The van der Waals surface area contributed by atoms with E-state index in [4.69, 9.17) is 4.74 Å². The van der Waals surface area contributed by atoms with Gasteiger partial charge in [-0.1, -0.05) is 48.5 Å². The molecule has 0 aliphatic carbocycles. The Balaban J connectivity index is 1.25. The maximum atomic E-state index is 12.7. The lowest BCUT2D eigenvalue weighted by Gasteiger charge is -2.11. The van der Waals surface area contributed by atoms with Crippen molar-refractivity contribution in [2.75, 3.05) is 11.9 Å². The number of aromatic nitrogens is 3. The first kappa shape index (κ1) is 22.1. The highest BCUT2D eigenvalue weighted by Crippen LogP contribution is 2.24. The fourth-order valence-corrected chi connectivity index (χ4v) is 4.04. The van der Waals surface area contributed by atoms with Crippen LogP contribution in [0.25, 0.3) is 27.5 Å². The third kappa shape index (κ3) is 4.68. The number of hydrogen-bond donors (Lipinski definition) is 1. The number of anilines is 1. The van der Waals surface area contributed by atoms with Crippen molar-refractivity contribution in [3.8, 4) is 17.6 Å². The molecule has 0 aliphatic rings. The van der Waals surface area contributed by atoms with Gasteiger partial charge in [-0.2, -0.15) is 15.0 Å². The predicted octanol–water partition coefficient (Wildman–Crippen LogP) is 5.55. The second-order valence-corrected chi connectivity index (χ2v) is 8.25. The van der Waals surface area contributed by atoms with Crippen LogP contribution >= 0.6 is 0 Å². The summed E-state index contributed by atoms with van der Waals surface area (Å²) in [7, 11) is 0. The van der Waals surface area contributed by atoms with E-state index in [9.17, 15) is 10.1 Å². The number of hydrogen-bond acceptors (Lipinski definition) is 5. The third-order valence-corrected chi connectivity index (χ3v) is 5.81. The minimum absolute atomic E-state index is 0.220. The molecule has 2 aromatic heterocycles. The molecule has 7 nitrogen and oxygen atoms in total. The van der Waals surface area contributed by atoms with Gasteiger partial charge in [0, 0.05) is 11.8 Å². The minimum Gasteiger partial charge on any atom is -0.494 e. The number of carbonyl (C=O) groups is 1. The number of ether oxygens (including phenoxy) is 1. The summed E-state index contributed by atoms with van der Waals surface area (Å²) < 4.78 is 7.33. The molecule has 5 rings (SSSR count). The lowest BCUT2D eigenvalue weighted by atomic mass is 10.1. The smallest absolute Gasteiger partial charge is 0.225 e. The van der Waals surface area contributed by atoms with Crippen LogP contribution < -0.4 is 10.1 Å². The van der Waals surface area contributed by atoms with Crippen LogP contribution in [-0.2, 0) is 4.79 Å². The fourth-order valence-electron chi connectivity index (χ4n) is 4.04. The van der Waals surface area contributed by atoms with Crippen LogP contribution in [0.2, 0.25) is 0 Å². The Morgan fingerprint density at radius 1 is 1.06 bits per heavy atom. The van der Waals surface area contributed by atoms with Crippen LogP contribution in [-0.4, -0.2) is 27.3 Å². The quantitative estimate of drug-likeness (QED) is 0.321. The summed E-state index contributed by atoms with van der Waals surface area (Å²) in [5, 5.41) is 20.0. The molecule has 7 heteroatoms. The molecule has 0 spiro atoms. The SMILES string of the molecule is Cc1cc(-n2ncc(C#N)c2NC(=O)CCCOc2ccc3ccccc3c2)nc2ccccc12. The van der Waals surface area contributed by atoms with Crippen LogP contribution in [0.15, 0.2) is 79.0 Å². The summed E-state index contributed by atoms with van der Waals surface area (Å²) >= 11 is 0. The number of carbonyl (C=O) groups excluding carboxylic acids is 1. The van der Waals surface area contributed by atoms with Gasteiger partial charge in [-0.3, -0.25) is 4.79 Å². The molecule has 172 valence electrons. The van der Waals surface area contributed by atoms with Crippen molar-refractivity contribution in [1.29, 1.82) is 5.26 Å². The van der Waals surface area contributed by atoms with Gasteiger partial charge in [-0.25, -0.2) is 4.98 Å². The van der Waals surface area contributed by atoms with E-state index in [0.29, 0.717) is 24.7 Å². The number of benzene rings is 3. The summed E-state index contributed by atoms with van der Waals surface area (Å²) in [6, 6.07) is 25.8. The molecule has 2 heterocycles. The van der Waals surface area contributed by atoms with Gasteiger partial charge in [0.15, 0.2) is 11.6 Å². The van der Waals surface area contributed by atoms with Gasteiger partial charge in [0.05, 0.1) is 18.3 Å². The number of amides is 1. The molecular weight excluding hydrogens is 438 g/mol. The lowest BCUT2D eigenvalue weighted by molar-refractivity contribution is -0.116. The van der Waals surface area contributed by atoms with E-state index in [0.717, 1.165) is 33.0 Å². The van der Waals surface area contributed by atoms with E-state index in [2.05, 4.69) is 27.5 Å². The summed E-state index contributed by atoms with van der Waals surface area (Å²) in [6.45, 7) is 2.40. The molecule has 0 atom stereocenters. The highest BCUT2D eigenvalue weighted by molar-refractivity contribution is 5.91. The molecular formula is C28H23N5O2. The number of nitrogens with zero attached hydrogens (tertiary/aromatic N) is 4. The van der Waals surface area contributed by atoms with Crippen molar-refractivity contribution in [1.82, 2.24) is 14.8 Å². The van der Waals surface area contributed by atoms with Crippen LogP contribution in [0.5, 0.6) is 5.75 Å². The average Bonchev–Trinajstić information content (AvgIpc) is 3.29. The van der Waals surface area contributed by atoms with E-state index in [1.807, 2.05) is 73.7 Å². The van der Waals surface area contributed by atoms with E-state index < -0.39 is 0 Å². The van der Waals surface area contributed by atoms with Gasteiger partial charge < -0.3 is 10.1 Å². The van der Waals surface area contributed by atoms with Gasteiger partial charge in [-0.05, 0) is 53.9 Å². The van der Waals surface area contributed by atoms with E-state index in [-0.39, 0.29) is 17.9 Å². The normalized spacial score (nSPS) is 10.9. The van der Waals surface area contributed by atoms with Gasteiger partial charge in [-0.15, -0.1) is 0 Å². The first-order chi connectivity index (χ1) is 17.1. The summed E-state index contributed by atoms with van der Waals surface area (Å²) in [5.41, 5.74) is 2.13. The molecule has 0 saturated carbocycles. The zero-order valence-corrected chi connectivity index (χ0v) is 19.2. The highest BCUT2D eigenvalue weighted by Gasteiger charge is 2.17. The summed E-state index contributed by atoms with van der Waals surface area (Å²) in [5.74, 6) is 1.40. The largest absolute Gasteiger partial charge is 0.494 e. The molecule has 1 amide bonds. The molecule has 0 radical (unpaired) electrons. The number of fused-ring (bicyclic) bond motifs is 2. The second kappa shape index (κ2) is 9.65. The molecule has 0 saturated heterocycles. The van der Waals surface area contributed by atoms with Crippen LogP contribution in [0, 0.1) is 18.3 Å². The number of para-hydroxylation sites is 1. The molecule has 3 aromatic carbocycles. The molecule has 5 aromatic rings. The van der Waals surface area contributed by atoms with E-state index >= 15 is 0 Å². The second-order valence-electron chi connectivity index (χ2n) is 8.25. The van der Waals surface area contributed by atoms with Gasteiger partial charge >= 0.3 is 0 Å². The standard InChI is InChI=1S/C28H23N5O2/c1-19-15-26(31-25-10-5-4-9-24(19)25)33-28(22(17-29)18-30-33)32-27(34)11-6-14-35-23-13-12-20-7-2-3-8-21(20)16-23/h2-5,7-10,12-13,15-16,18H,6,11,14H2,1H3,(H,32,34).